The third-order valence-corrected chi connectivity index (χ3v) is 2.19. The Hall–Kier alpha value is -1.59. The Morgan fingerprint density at radius 2 is 1.88 bits per heavy atom. The highest BCUT2D eigenvalue weighted by Crippen LogP contribution is 2.06. The fraction of sp³-hybridized carbons (Fsp3) is 0.700. The molecule has 1 aromatic rings. The summed E-state index contributed by atoms with van der Waals surface area (Å²) in [5, 5.41) is 0. The number of hydrogen-bond donors (Lipinski definition) is 0. The Morgan fingerprint density at radius 1 is 1.31 bits per heavy atom. The lowest BCUT2D eigenvalue weighted by Crippen LogP contribution is -2.52. The summed E-state index contributed by atoms with van der Waals surface area (Å²) in [4.78, 5) is 27.5. The molecule has 0 saturated carbocycles. The SMILES string of the molecule is CCn1c(=O)n(C(C)(C)C)c(=O)o/c1=N\C. The van der Waals surface area contributed by atoms with Crippen LogP contribution < -0.4 is 17.1 Å². The molecular weight excluding hydrogens is 210 g/mol. The van der Waals surface area contributed by atoms with Gasteiger partial charge in [0.2, 0.25) is 0 Å². The molecule has 0 aromatic carbocycles. The van der Waals surface area contributed by atoms with Crippen LogP contribution in [0.2, 0.25) is 0 Å². The van der Waals surface area contributed by atoms with E-state index in [2.05, 4.69) is 4.99 Å². The predicted molar refractivity (Wildman–Crippen MR) is 59.4 cm³/mol. The van der Waals surface area contributed by atoms with Gasteiger partial charge in [-0.1, -0.05) is 0 Å². The zero-order valence-corrected chi connectivity index (χ0v) is 10.3. The summed E-state index contributed by atoms with van der Waals surface area (Å²) in [5.41, 5.74) is -0.953. The van der Waals surface area contributed by atoms with Gasteiger partial charge in [0.25, 0.3) is 0 Å². The molecule has 0 aliphatic rings. The first-order chi connectivity index (χ1) is 7.32. The molecule has 16 heavy (non-hydrogen) atoms. The minimum Gasteiger partial charge on any atom is -0.375 e. The van der Waals surface area contributed by atoms with Crippen LogP contribution in [0.25, 0.3) is 0 Å². The third-order valence-electron chi connectivity index (χ3n) is 2.19. The molecule has 1 aromatic heterocycles. The van der Waals surface area contributed by atoms with E-state index in [0.717, 1.165) is 4.57 Å². The first-order valence-corrected chi connectivity index (χ1v) is 5.13. The Balaban J connectivity index is 3.83. The van der Waals surface area contributed by atoms with Crippen molar-refractivity contribution in [3.8, 4) is 0 Å². The average molecular weight is 227 g/mol. The van der Waals surface area contributed by atoms with E-state index < -0.39 is 17.0 Å². The predicted octanol–water partition coefficient (Wildman–Crippen LogP) is -0.0916. The molecule has 0 atom stereocenters. The second-order valence-electron chi connectivity index (χ2n) is 4.41. The zero-order valence-electron chi connectivity index (χ0n) is 10.3. The quantitative estimate of drug-likeness (QED) is 0.673. The van der Waals surface area contributed by atoms with Crippen LogP contribution in [-0.2, 0) is 12.1 Å². The molecule has 6 nitrogen and oxygen atoms in total. The van der Waals surface area contributed by atoms with Gasteiger partial charge < -0.3 is 4.42 Å². The van der Waals surface area contributed by atoms with E-state index in [0.29, 0.717) is 6.54 Å². The third kappa shape index (κ3) is 2.00. The standard InChI is InChI=1S/C10H17N3O3/c1-6-12-7(11-5)16-9(15)13(8(12)14)10(2,3)4/h6H2,1-5H3/b11-7-. The van der Waals surface area contributed by atoms with Gasteiger partial charge in [0.1, 0.15) is 0 Å². The van der Waals surface area contributed by atoms with Gasteiger partial charge in [-0.05, 0) is 27.7 Å². The fourth-order valence-electron chi connectivity index (χ4n) is 1.46. The van der Waals surface area contributed by atoms with Crippen LogP contribution in [-0.4, -0.2) is 16.2 Å². The number of rotatable bonds is 1. The number of hydrogen-bond acceptors (Lipinski definition) is 4. The highest BCUT2D eigenvalue weighted by molar-refractivity contribution is 4.79. The maximum atomic E-state index is 12.1. The maximum Gasteiger partial charge on any atom is 0.426 e. The van der Waals surface area contributed by atoms with Crippen LogP contribution in [0.5, 0.6) is 0 Å². The van der Waals surface area contributed by atoms with E-state index in [-0.39, 0.29) is 5.68 Å². The number of nitrogens with zero attached hydrogens (tertiary/aromatic N) is 3. The molecule has 0 unspecified atom stereocenters. The van der Waals surface area contributed by atoms with Gasteiger partial charge in [-0.3, -0.25) is 0 Å². The van der Waals surface area contributed by atoms with Crippen molar-refractivity contribution in [1.82, 2.24) is 9.13 Å². The summed E-state index contributed by atoms with van der Waals surface area (Å²) >= 11 is 0. The molecule has 0 spiro atoms. The summed E-state index contributed by atoms with van der Waals surface area (Å²) < 4.78 is 7.41. The summed E-state index contributed by atoms with van der Waals surface area (Å²) in [7, 11) is 1.48. The molecule has 0 amide bonds. The van der Waals surface area contributed by atoms with Gasteiger partial charge in [0.05, 0.1) is 0 Å². The van der Waals surface area contributed by atoms with E-state index in [1.807, 2.05) is 0 Å². The van der Waals surface area contributed by atoms with Crippen molar-refractivity contribution < 1.29 is 4.42 Å². The van der Waals surface area contributed by atoms with E-state index in [9.17, 15) is 9.59 Å². The van der Waals surface area contributed by atoms with Crippen molar-refractivity contribution >= 4 is 0 Å². The van der Waals surface area contributed by atoms with E-state index in [1.54, 1.807) is 27.7 Å². The maximum absolute atomic E-state index is 12.1. The van der Waals surface area contributed by atoms with Crippen molar-refractivity contribution in [2.45, 2.75) is 39.8 Å². The largest absolute Gasteiger partial charge is 0.426 e. The van der Waals surface area contributed by atoms with Crippen LogP contribution in [0.15, 0.2) is 19.0 Å². The summed E-state index contributed by atoms with van der Waals surface area (Å²) in [6.45, 7) is 7.52. The van der Waals surface area contributed by atoms with Gasteiger partial charge >= 0.3 is 17.1 Å². The highest BCUT2D eigenvalue weighted by Gasteiger charge is 2.21. The lowest BCUT2D eigenvalue weighted by atomic mass is 10.1. The Bertz CT molecular complexity index is 554. The Kier molecular flexibility index (Phi) is 3.21. The van der Waals surface area contributed by atoms with Gasteiger partial charge in [0.15, 0.2) is 0 Å². The van der Waals surface area contributed by atoms with Crippen LogP contribution >= 0.6 is 0 Å². The lowest BCUT2D eigenvalue weighted by Gasteiger charge is -2.20. The lowest BCUT2D eigenvalue weighted by molar-refractivity contribution is 0.251. The van der Waals surface area contributed by atoms with E-state index in [1.165, 1.54) is 11.6 Å². The normalized spacial score (nSPS) is 13.2. The Labute approximate surface area is 92.9 Å². The fourth-order valence-corrected chi connectivity index (χ4v) is 1.46. The van der Waals surface area contributed by atoms with Crippen molar-refractivity contribution in [3.05, 3.63) is 26.7 Å². The molecule has 6 heteroatoms. The van der Waals surface area contributed by atoms with Crippen LogP contribution in [0, 0.1) is 0 Å². The second kappa shape index (κ2) is 4.11. The van der Waals surface area contributed by atoms with E-state index >= 15 is 0 Å². The summed E-state index contributed by atoms with van der Waals surface area (Å²) in [5.74, 6) is -0.678. The number of aromatic nitrogens is 2. The zero-order chi connectivity index (χ0) is 12.5. The smallest absolute Gasteiger partial charge is 0.375 e. The molecule has 1 rings (SSSR count). The molecule has 0 bridgehead atoms. The van der Waals surface area contributed by atoms with E-state index in [4.69, 9.17) is 4.42 Å². The van der Waals surface area contributed by atoms with Crippen molar-refractivity contribution in [2.24, 2.45) is 4.99 Å². The summed E-state index contributed by atoms with van der Waals surface area (Å²) in [6, 6.07) is 0. The first-order valence-electron chi connectivity index (χ1n) is 5.13. The van der Waals surface area contributed by atoms with Gasteiger partial charge in [-0.2, -0.15) is 0 Å². The first kappa shape index (κ1) is 12.5. The second-order valence-corrected chi connectivity index (χ2v) is 4.41. The molecule has 0 aliphatic heterocycles. The minimum atomic E-state index is -0.678. The molecule has 90 valence electrons. The monoisotopic (exact) mass is 227 g/mol. The topological polar surface area (TPSA) is 69.5 Å². The molecule has 0 aliphatic carbocycles. The van der Waals surface area contributed by atoms with Crippen LogP contribution in [0.4, 0.5) is 0 Å². The summed E-state index contributed by atoms with van der Waals surface area (Å²) in [6.07, 6.45) is 0. The molecule has 0 N–H and O–H groups in total. The highest BCUT2D eigenvalue weighted by atomic mass is 16.4. The molecule has 0 radical (unpaired) electrons. The molecule has 1 heterocycles. The Morgan fingerprint density at radius 3 is 2.25 bits per heavy atom. The van der Waals surface area contributed by atoms with Crippen molar-refractivity contribution in [3.63, 3.8) is 0 Å². The molecule has 0 saturated heterocycles. The van der Waals surface area contributed by atoms with Gasteiger partial charge in [0, 0.05) is 19.1 Å². The van der Waals surface area contributed by atoms with Gasteiger partial charge in [-0.25, -0.2) is 23.7 Å². The molecule has 0 fully saturated rings. The van der Waals surface area contributed by atoms with Crippen LogP contribution in [0.3, 0.4) is 0 Å². The van der Waals surface area contributed by atoms with Crippen molar-refractivity contribution in [1.29, 1.82) is 0 Å². The van der Waals surface area contributed by atoms with Gasteiger partial charge in [-0.15, -0.1) is 0 Å². The van der Waals surface area contributed by atoms with Crippen LogP contribution in [0.1, 0.15) is 27.7 Å². The van der Waals surface area contributed by atoms with Crippen molar-refractivity contribution in [2.75, 3.05) is 7.05 Å². The molecular formula is C10H17N3O3. The minimum absolute atomic E-state index is 0.0537. The average Bonchev–Trinajstić information content (AvgIpc) is 2.14.